The fraction of sp³-hybridized carbons (Fsp3) is 0.158. The average molecular weight is 326 g/mol. The Hall–Kier alpha value is -3.08. The third kappa shape index (κ3) is 2.44. The van der Waals surface area contributed by atoms with E-state index in [9.17, 15) is 10.2 Å². The molecular weight excluding hydrogens is 308 g/mol. The van der Waals surface area contributed by atoms with Crippen LogP contribution in [0.3, 0.4) is 0 Å². The van der Waals surface area contributed by atoms with E-state index in [2.05, 4.69) is 0 Å². The highest BCUT2D eigenvalue weighted by Crippen LogP contribution is 2.50. The fourth-order valence-corrected chi connectivity index (χ4v) is 2.83. The number of hydrogen-bond donors (Lipinski definition) is 2. The summed E-state index contributed by atoms with van der Waals surface area (Å²) in [6, 6.07) is 12.4. The van der Waals surface area contributed by atoms with Gasteiger partial charge in [0.1, 0.15) is 17.2 Å². The molecule has 0 spiro atoms. The Morgan fingerprint density at radius 3 is 1.96 bits per heavy atom. The van der Waals surface area contributed by atoms with Gasteiger partial charge in [-0.25, -0.2) is 0 Å². The lowest BCUT2D eigenvalue weighted by Crippen LogP contribution is -1.96. The van der Waals surface area contributed by atoms with E-state index in [-0.39, 0.29) is 11.5 Å². The molecule has 5 heteroatoms. The molecule has 0 bridgehead atoms. The Kier molecular flexibility index (Phi) is 4.08. The lowest BCUT2D eigenvalue weighted by Gasteiger charge is -2.18. The summed E-state index contributed by atoms with van der Waals surface area (Å²) < 4.78 is 16.2. The normalized spacial score (nSPS) is 10.6. The van der Waals surface area contributed by atoms with E-state index in [1.54, 1.807) is 19.2 Å². The molecule has 3 rings (SSSR count). The first kappa shape index (κ1) is 15.8. The van der Waals surface area contributed by atoms with Crippen molar-refractivity contribution < 1.29 is 24.4 Å². The Morgan fingerprint density at radius 1 is 0.750 bits per heavy atom. The summed E-state index contributed by atoms with van der Waals surface area (Å²) in [6.07, 6.45) is 0. The van der Waals surface area contributed by atoms with Crippen LogP contribution >= 0.6 is 0 Å². The predicted octanol–water partition coefficient (Wildman–Crippen LogP) is 3.94. The van der Waals surface area contributed by atoms with Gasteiger partial charge in [-0.3, -0.25) is 0 Å². The third-order valence-electron chi connectivity index (χ3n) is 3.97. The topological polar surface area (TPSA) is 68.2 Å². The zero-order chi connectivity index (χ0) is 17.3. The van der Waals surface area contributed by atoms with Crippen LogP contribution < -0.4 is 14.2 Å². The predicted molar refractivity (Wildman–Crippen MR) is 92.4 cm³/mol. The average Bonchev–Trinajstić information content (AvgIpc) is 2.62. The van der Waals surface area contributed by atoms with Crippen molar-refractivity contribution in [2.75, 3.05) is 21.3 Å². The van der Waals surface area contributed by atoms with Crippen LogP contribution in [0.15, 0.2) is 42.5 Å². The molecule has 2 N–H and O–H groups in total. The van der Waals surface area contributed by atoms with Crippen LogP contribution in [0.4, 0.5) is 0 Å². The minimum Gasteiger partial charge on any atom is -0.504 e. The molecule has 3 aromatic rings. The van der Waals surface area contributed by atoms with Gasteiger partial charge >= 0.3 is 0 Å². The maximum Gasteiger partial charge on any atom is 0.166 e. The first-order valence-corrected chi connectivity index (χ1v) is 7.34. The maximum atomic E-state index is 10.5. The second-order valence-corrected chi connectivity index (χ2v) is 5.25. The van der Waals surface area contributed by atoms with E-state index in [0.29, 0.717) is 28.4 Å². The Morgan fingerprint density at radius 2 is 1.38 bits per heavy atom. The highest BCUT2D eigenvalue weighted by atomic mass is 16.5. The number of phenols is 2. The summed E-state index contributed by atoms with van der Waals surface area (Å²) in [4.78, 5) is 0. The highest BCUT2D eigenvalue weighted by Gasteiger charge is 2.22. The monoisotopic (exact) mass is 326 g/mol. The van der Waals surface area contributed by atoms with Crippen LogP contribution in [0.2, 0.25) is 0 Å². The Balaban J connectivity index is 2.46. The van der Waals surface area contributed by atoms with E-state index in [4.69, 9.17) is 14.2 Å². The van der Waals surface area contributed by atoms with Gasteiger partial charge < -0.3 is 24.4 Å². The molecular formula is C19H18O5. The van der Waals surface area contributed by atoms with Crippen molar-refractivity contribution in [3.63, 3.8) is 0 Å². The number of methoxy groups -OCH3 is 3. The van der Waals surface area contributed by atoms with Crippen molar-refractivity contribution in [1.29, 1.82) is 0 Å². The van der Waals surface area contributed by atoms with Gasteiger partial charge in [0.15, 0.2) is 11.5 Å². The number of phenolic OH excluding ortho intramolecular Hbond substituents is 2. The summed E-state index contributed by atoms with van der Waals surface area (Å²) >= 11 is 0. The molecule has 124 valence electrons. The number of aromatic hydroxyl groups is 2. The summed E-state index contributed by atoms with van der Waals surface area (Å²) in [6.45, 7) is 0. The summed E-state index contributed by atoms with van der Waals surface area (Å²) in [5, 5.41) is 22.2. The van der Waals surface area contributed by atoms with E-state index >= 15 is 0 Å². The lowest BCUT2D eigenvalue weighted by atomic mass is 9.95. The molecule has 0 unspecified atom stereocenters. The number of rotatable bonds is 4. The molecule has 0 radical (unpaired) electrons. The number of ether oxygens (including phenoxy) is 3. The van der Waals surface area contributed by atoms with E-state index in [1.165, 1.54) is 20.3 Å². The largest absolute Gasteiger partial charge is 0.504 e. The van der Waals surface area contributed by atoms with Crippen molar-refractivity contribution in [2.45, 2.75) is 0 Å². The second kappa shape index (κ2) is 6.20. The van der Waals surface area contributed by atoms with E-state index in [0.717, 1.165) is 10.8 Å². The van der Waals surface area contributed by atoms with Gasteiger partial charge in [0.25, 0.3) is 0 Å². The molecule has 24 heavy (non-hydrogen) atoms. The number of benzene rings is 3. The smallest absolute Gasteiger partial charge is 0.166 e. The second-order valence-electron chi connectivity index (χ2n) is 5.25. The van der Waals surface area contributed by atoms with E-state index < -0.39 is 0 Å². The minimum atomic E-state index is -0.226. The number of hydrogen-bond acceptors (Lipinski definition) is 5. The third-order valence-corrected chi connectivity index (χ3v) is 3.97. The van der Waals surface area contributed by atoms with Crippen molar-refractivity contribution in [2.24, 2.45) is 0 Å². The van der Waals surface area contributed by atoms with Gasteiger partial charge in [-0.2, -0.15) is 0 Å². The fourth-order valence-electron chi connectivity index (χ4n) is 2.83. The summed E-state index contributed by atoms with van der Waals surface area (Å²) in [5.74, 6) is 1.07. The molecule has 0 saturated heterocycles. The maximum absolute atomic E-state index is 10.5. The molecule has 0 heterocycles. The van der Waals surface area contributed by atoms with Crippen molar-refractivity contribution in [3.05, 3.63) is 42.5 Å². The SMILES string of the molecule is COc1cc(OC)c(-c2c(O)c(O)cc3ccccc23)c(OC)c1. The van der Waals surface area contributed by atoms with Crippen LogP contribution in [-0.4, -0.2) is 31.5 Å². The molecule has 0 aliphatic rings. The van der Waals surface area contributed by atoms with Crippen LogP contribution in [0, 0.1) is 0 Å². The van der Waals surface area contributed by atoms with Crippen molar-refractivity contribution in [1.82, 2.24) is 0 Å². The van der Waals surface area contributed by atoms with Gasteiger partial charge in [-0.05, 0) is 16.8 Å². The zero-order valence-electron chi connectivity index (χ0n) is 13.7. The van der Waals surface area contributed by atoms with Crippen molar-refractivity contribution >= 4 is 10.8 Å². The molecule has 0 saturated carbocycles. The molecule has 0 aliphatic carbocycles. The Labute approximate surface area is 139 Å². The van der Waals surface area contributed by atoms with Crippen LogP contribution in [0.25, 0.3) is 21.9 Å². The number of fused-ring (bicyclic) bond motifs is 1. The van der Waals surface area contributed by atoms with Gasteiger partial charge in [0, 0.05) is 17.7 Å². The summed E-state index contributed by atoms with van der Waals surface area (Å²) in [7, 11) is 4.61. The van der Waals surface area contributed by atoms with Crippen LogP contribution in [0.5, 0.6) is 28.7 Å². The Bertz CT molecular complexity index is 877. The molecule has 5 nitrogen and oxygen atoms in total. The molecule has 3 aromatic carbocycles. The lowest BCUT2D eigenvalue weighted by molar-refractivity contribution is 0.376. The van der Waals surface area contributed by atoms with Gasteiger partial charge in [-0.1, -0.05) is 24.3 Å². The first-order valence-electron chi connectivity index (χ1n) is 7.34. The van der Waals surface area contributed by atoms with Crippen molar-refractivity contribution in [3.8, 4) is 39.9 Å². The minimum absolute atomic E-state index is 0.205. The van der Waals surface area contributed by atoms with E-state index in [1.807, 2.05) is 24.3 Å². The molecule has 0 aliphatic heterocycles. The van der Waals surface area contributed by atoms with Crippen LogP contribution in [0.1, 0.15) is 0 Å². The van der Waals surface area contributed by atoms with Gasteiger partial charge in [-0.15, -0.1) is 0 Å². The van der Waals surface area contributed by atoms with Gasteiger partial charge in [0.05, 0.1) is 26.9 Å². The molecule has 0 amide bonds. The standard InChI is InChI=1S/C19H18O5/c1-22-12-9-15(23-2)18(16(10-12)24-3)17-13-7-5-4-6-11(13)8-14(20)19(17)21/h4-10,20-21H,1-3H3. The molecule has 0 fully saturated rings. The summed E-state index contributed by atoms with van der Waals surface area (Å²) in [5.41, 5.74) is 0.993. The van der Waals surface area contributed by atoms with Gasteiger partial charge in [0.2, 0.25) is 0 Å². The molecule has 0 aromatic heterocycles. The molecule has 0 atom stereocenters. The van der Waals surface area contributed by atoms with Crippen LogP contribution in [-0.2, 0) is 0 Å². The zero-order valence-corrected chi connectivity index (χ0v) is 13.7. The first-order chi connectivity index (χ1) is 11.6. The quantitative estimate of drug-likeness (QED) is 0.711. The highest BCUT2D eigenvalue weighted by molar-refractivity contribution is 6.04.